The predicted octanol–water partition coefficient (Wildman–Crippen LogP) is 0.233. The highest BCUT2D eigenvalue weighted by molar-refractivity contribution is 5.94. The van der Waals surface area contributed by atoms with E-state index < -0.39 is 60.6 Å². The Bertz CT molecular complexity index is 1010. The van der Waals surface area contributed by atoms with Gasteiger partial charge in [0.2, 0.25) is 17.7 Å². The number of amides is 4. The van der Waals surface area contributed by atoms with Crippen molar-refractivity contribution in [1.82, 2.24) is 15.5 Å². The van der Waals surface area contributed by atoms with Gasteiger partial charge in [-0.15, -0.1) is 0 Å². The lowest BCUT2D eigenvalue weighted by Crippen LogP contribution is -2.53. The van der Waals surface area contributed by atoms with Crippen LogP contribution in [0.25, 0.3) is 0 Å². The predicted molar refractivity (Wildman–Crippen MR) is 125 cm³/mol. The monoisotopic (exact) mass is 505 g/mol. The van der Waals surface area contributed by atoms with Crippen LogP contribution in [-0.2, 0) is 28.7 Å². The highest BCUT2D eigenvalue weighted by Crippen LogP contribution is 2.29. The summed E-state index contributed by atoms with van der Waals surface area (Å²) in [4.78, 5) is 62.8. The molecule has 2 atom stereocenters. The number of hydrogen-bond donors (Lipinski definition) is 4. The van der Waals surface area contributed by atoms with Crippen LogP contribution in [0, 0.1) is 11.3 Å². The second kappa shape index (κ2) is 13.5. The molecule has 0 spiro atoms. The molecule has 5 N–H and O–H groups in total. The van der Waals surface area contributed by atoms with Gasteiger partial charge in [0.15, 0.2) is 0 Å². The van der Waals surface area contributed by atoms with E-state index in [0.717, 1.165) is 12.0 Å². The van der Waals surface area contributed by atoms with Gasteiger partial charge in [-0.25, -0.2) is 4.79 Å². The molecule has 0 fully saturated rings. The van der Waals surface area contributed by atoms with Gasteiger partial charge >= 0.3 is 12.1 Å². The zero-order valence-corrected chi connectivity index (χ0v) is 20.6. The number of rotatable bonds is 11. The minimum absolute atomic E-state index is 0.0469. The third-order valence-electron chi connectivity index (χ3n) is 4.62. The lowest BCUT2D eigenvalue weighted by molar-refractivity contribution is -0.144. The number of nitrogens with two attached hydrogens (primary N) is 1. The number of nitrogens with one attached hydrogen (secondary N) is 2. The van der Waals surface area contributed by atoms with Crippen molar-refractivity contribution < 1.29 is 38.6 Å². The van der Waals surface area contributed by atoms with Gasteiger partial charge in [0.1, 0.15) is 36.5 Å². The Morgan fingerprint density at radius 1 is 1.19 bits per heavy atom. The molecule has 0 bridgehead atoms. The molecule has 0 aliphatic rings. The largest absolute Gasteiger partial charge is 0.508 e. The Morgan fingerprint density at radius 3 is 2.36 bits per heavy atom. The van der Waals surface area contributed by atoms with Crippen molar-refractivity contribution in [1.29, 1.82) is 5.26 Å². The molecule has 0 aromatic heterocycles. The van der Waals surface area contributed by atoms with Crippen molar-refractivity contribution in [2.75, 3.05) is 20.2 Å². The molecule has 0 aliphatic carbocycles. The molecular formula is C23H31N5O8. The van der Waals surface area contributed by atoms with Crippen LogP contribution in [0.5, 0.6) is 5.75 Å². The van der Waals surface area contributed by atoms with E-state index in [4.69, 9.17) is 10.5 Å². The Labute approximate surface area is 208 Å². The summed E-state index contributed by atoms with van der Waals surface area (Å²) in [5, 5.41) is 24.5. The number of carbonyl (C=O) groups excluding carboxylic acids is 5. The summed E-state index contributed by atoms with van der Waals surface area (Å²) in [6, 6.07) is 4.39. The van der Waals surface area contributed by atoms with E-state index in [1.165, 1.54) is 24.3 Å². The number of methoxy groups -OCH3 is 1. The van der Waals surface area contributed by atoms with Crippen molar-refractivity contribution in [3.63, 3.8) is 0 Å². The molecule has 13 nitrogen and oxygen atoms in total. The van der Waals surface area contributed by atoms with Crippen molar-refractivity contribution in [2.24, 2.45) is 5.73 Å². The minimum atomic E-state index is -1.58. The average molecular weight is 506 g/mol. The first kappa shape index (κ1) is 29.7. The number of primary amides is 1. The first-order chi connectivity index (χ1) is 16.8. The highest BCUT2D eigenvalue weighted by Gasteiger charge is 2.37. The molecule has 13 heteroatoms. The Hall–Kier alpha value is -4.34. The van der Waals surface area contributed by atoms with E-state index in [0.29, 0.717) is 0 Å². The number of esters is 1. The molecule has 0 aliphatic heterocycles. The van der Waals surface area contributed by atoms with Gasteiger partial charge in [-0.1, -0.05) is 18.2 Å². The summed E-state index contributed by atoms with van der Waals surface area (Å²) in [6.07, 6.45) is -1.54. The number of ether oxygens (including phenoxy) is 2. The molecule has 196 valence electrons. The molecule has 1 rings (SSSR count). The van der Waals surface area contributed by atoms with Gasteiger partial charge in [0.25, 0.3) is 0 Å². The SMILES string of the molecule is COC(=O)CNC(=O)C(c1ccccc1O)N(CC#N)C(=O)C(CCC(N)=O)NC(=O)OC(C)(C)C. The van der Waals surface area contributed by atoms with Crippen molar-refractivity contribution in [3.8, 4) is 11.8 Å². The number of alkyl carbamates (subject to hydrolysis) is 1. The van der Waals surface area contributed by atoms with Crippen LogP contribution in [0.1, 0.15) is 45.2 Å². The number of carbonyl (C=O) groups is 5. The molecule has 36 heavy (non-hydrogen) atoms. The standard InChI is InChI=1S/C23H31N5O8/c1-23(2,3)36-22(34)27-15(9-10-17(25)30)21(33)28(12-11-24)19(14-7-5-6-8-16(14)29)20(32)26-13-18(31)35-4/h5-8,15,19,29H,9-10,12-13H2,1-4H3,(H2,25,30)(H,26,32)(H,27,34). The molecule has 2 unspecified atom stereocenters. The van der Waals surface area contributed by atoms with E-state index in [9.17, 15) is 34.3 Å². The second-order valence-corrected chi connectivity index (χ2v) is 8.58. The maximum Gasteiger partial charge on any atom is 0.408 e. The minimum Gasteiger partial charge on any atom is -0.508 e. The number of nitrogens with zero attached hydrogens (tertiary/aromatic N) is 2. The lowest BCUT2D eigenvalue weighted by Gasteiger charge is -2.33. The summed E-state index contributed by atoms with van der Waals surface area (Å²) in [6.45, 7) is 3.62. The summed E-state index contributed by atoms with van der Waals surface area (Å²) >= 11 is 0. The van der Waals surface area contributed by atoms with E-state index in [2.05, 4.69) is 15.4 Å². The smallest absolute Gasteiger partial charge is 0.408 e. The third kappa shape index (κ3) is 9.49. The van der Waals surface area contributed by atoms with Crippen LogP contribution in [0.15, 0.2) is 24.3 Å². The number of phenolic OH excluding ortho intramolecular Hbond substituents is 1. The summed E-state index contributed by atoms with van der Waals surface area (Å²) < 4.78 is 9.68. The summed E-state index contributed by atoms with van der Waals surface area (Å²) in [7, 11) is 1.12. The maximum absolute atomic E-state index is 13.6. The number of aromatic hydroxyl groups is 1. The highest BCUT2D eigenvalue weighted by atomic mass is 16.6. The Morgan fingerprint density at radius 2 is 1.83 bits per heavy atom. The van der Waals surface area contributed by atoms with E-state index in [-0.39, 0.29) is 24.2 Å². The molecular weight excluding hydrogens is 474 g/mol. The fourth-order valence-electron chi connectivity index (χ4n) is 3.06. The van der Waals surface area contributed by atoms with E-state index in [1.54, 1.807) is 26.8 Å². The Balaban J connectivity index is 3.45. The summed E-state index contributed by atoms with van der Waals surface area (Å²) in [5.74, 6) is -3.72. The number of phenols is 1. The van der Waals surface area contributed by atoms with Crippen LogP contribution >= 0.6 is 0 Å². The van der Waals surface area contributed by atoms with E-state index >= 15 is 0 Å². The fraction of sp³-hybridized carbons (Fsp3) is 0.478. The van der Waals surface area contributed by atoms with Gasteiger partial charge in [0, 0.05) is 12.0 Å². The topological polar surface area (TPSA) is 201 Å². The molecule has 0 saturated heterocycles. The lowest BCUT2D eigenvalue weighted by atomic mass is 10.0. The van der Waals surface area contributed by atoms with Gasteiger partial charge in [-0.2, -0.15) is 5.26 Å². The van der Waals surface area contributed by atoms with Gasteiger partial charge in [-0.05, 0) is 33.3 Å². The van der Waals surface area contributed by atoms with Crippen molar-refractivity contribution in [3.05, 3.63) is 29.8 Å². The fourth-order valence-corrected chi connectivity index (χ4v) is 3.06. The first-order valence-corrected chi connectivity index (χ1v) is 10.9. The average Bonchev–Trinajstić information content (AvgIpc) is 2.79. The first-order valence-electron chi connectivity index (χ1n) is 10.9. The van der Waals surface area contributed by atoms with Gasteiger partial charge in [-0.3, -0.25) is 19.2 Å². The number of benzene rings is 1. The van der Waals surface area contributed by atoms with Gasteiger partial charge < -0.3 is 35.8 Å². The number of nitriles is 1. The molecule has 1 aromatic rings. The maximum atomic E-state index is 13.6. The molecule has 4 amide bonds. The van der Waals surface area contributed by atoms with Crippen LogP contribution < -0.4 is 16.4 Å². The number of para-hydroxylation sites is 1. The van der Waals surface area contributed by atoms with Crippen LogP contribution in [0.3, 0.4) is 0 Å². The zero-order chi connectivity index (χ0) is 27.5. The third-order valence-corrected chi connectivity index (χ3v) is 4.62. The van der Waals surface area contributed by atoms with Crippen LogP contribution in [0.4, 0.5) is 4.79 Å². The van der Waals surface area contributed by atoms with Gasteiger partial charge in [0.05, 0.1) is 13.2 Å². The summed E-state index contributed by atoms with van der Waals surface area (Å²) in [5.41, 5.74) is 4.26. The zero-order valence-electron chi connectivity index (χ0n) is 20.6. The second-order valence-electron chi connectivity index (χ2n) is 8.58. The number of hydrogen-bond acceptors (Lipinski definition) is 9. The van der Waals surface area contributed by atoms with E-state index in [1.807, 2.05) is 0 Å². The molecule has 0 radical (unpaired) electrons. The Kier molecular flexibility index (Phi) is 11.2. The van der Waals surface area contributed by atoms with Crippen molar-refractivity contribution in [2.45, 2.75) is 51.3 Å². The molecule has 1 aromatic carbocycles. The van der Waals surface area contributed by atoms with Crippen LogP contribution in [0.2, 0.25) is 0 Å². The van der Waals surface area contributed by atoms with Crippen LogP contribution in [-0.4, -0.2) is 71.6 Å². The quantitative estimate of drug-likeness (QED) is 0.240. The normalized spacial score (nSPS) is 12.3. The van der Waals surface area contributed by atoms with Crippen molar-refractivity contribution >= 4 is 29.8 Å². The molecule has 0 saturated carbocycles. The molecule has 0 heterocycles.